The van der Waals surface area contributed by atoms with Crippen LogP contribution in [-0.4, -0.2) is 37.3 Å². The maximum Gasteiger partial charge on any atom is 0.221 e. The summed E-state index contributed by atoms with van der Waals surface area (Å²) in [6.45, 7) is 1.75. The van der Waals surface area contributed by atoms with Crippen molar-refractivity contribution in [1.29, 1.82) is 0 Å². The molecule has 0 aliphatic carbocycles. The lowest BCUT2D eigenvalue weighted by molar-refractivity contribution is -0.121. The monoisotopic (exact) mass is 375 g/mol. The van der Waals surface area contributed by atoms with Gasteiger partial charge in [0.15, 0.2) is 9.84 Å². The Kier molecular flexibility index (Phi) is 6.94. The lowest BCUT2D eigenvalue weighted by Gasteiger charge is -2.23. The van der Waals surface area contributed by atoms with Crippen molar-refractivity contribution in [3.8, 4) is 0 Å². The number of carbonyl (C=O) groups excluding carboxylic acids is 1. The highest BCUT2D eigenvalue weighted by Crippen LogP contribution is 2.14. The van der Waals surface area contributed by atoms with E-state index in [1.807, 2.05) is 30.3 Å². The summed E-state index contributed by atoms with van der Waals surface area (Å²) in [6.07, 6.45) is 1.07. The average molecular weight is 375 g/mol. The number of benzene rings is 2. The highest BCUT2D eigenvalue weighted by atomic mass is 32.2. The van der Waals surface area contributed by atoms with Crippen molar-refractivity contribution >= 4 is 15.7 Å². The molecule has 0 spiro atoms. The van der Waals surface area contributed by atoms with Gasteiger partial charge in [0.05, 0.1) is 16.2 Å². The number of aryl methyl sites for hydroxylation is 1. The van der Waals surface area contributed by atoms with Crippen molar-refractivity contribution < 1.29 is 18.3 Å². The van der Waals surface area contributed by atoms with Crippen molar-refractivity contribution in [3.05, 3.63) is 66.2 Å². The Morgan fingerprint density at radius 3 is 2.23 bits per heavy atom. The molecule has 0 saturated carbocycles. The summed E-state index contributed by atoms with van der Waals surface area (Å²) < 4.78 is 24.3. The van der Waals surface area contributed by atoms with Crippen LogP contribution in [0.2, 0.25) is 0 Å². The largest absolute Gasteiger partial charge is 0.388 e. The van der Waals surface area contributed by atoms with Gasteiger partial charge < -0.3 is 10.4 Å². The quantitative estimate of drug-likeness (QED) is 0.705. The van der Waals surface area contributed by atoms with Crippen LogP contribution in [0.5, 0.6) is 0 Å². The van der Waals surface area contributed by atoms with E-state index in [0.29, 0.717) is 12.8 Å². The molecule has 1 unspecified atom stereocenters. The van der Waals surface area contributed by atoms with E-state index in [1.165, 1.54) is 12.1 Å². The molecule has 0 radical (unpaired) electrons. The molecule has 0 aliphatic rings. The van der Waals surface area contributed by atoms with E-state index in [2.05, 4.69) is 5.32 Å². The second-order valence-corrected chi connectivity index (χ2v) is 8.75. The van der Waals surface area contributed by atoms with Crippen LogP contribution in [0.15, 0.2) is 65.6 Å². The lowest BCUT2D eigenvalue weighted by Crippen LogP contribution is -2.41. The van der Waals surface area contributed by atoms with Gasteiger partial charge in [-0.15, -0.1) is 0 Å². The maximum atomic E-state index is 12.2. The number of sulfone groups is 1. The molecule has 0 saturated heterocycles. The Hall–Kier alpha value is -2.18. The SMILES string of the molecule is CC(O)(CCc1ccccc1)CNC(=O)CCS(=O)(=O)c1ccccc1. The number of hydrogen-bond donors (Lipinski definition) is 2. The van der Waals surface area contributed by atoms with Crippen LogP contribution in [0.1, 0.15) is 25.3 Å². The molecule has 0 aromatic heterocycles. The number of nitrogens with one attached hydrogen (secondary N) is 1. The van der Waals surface area contributed by atoms with Crippen LogP contribution in [-0.2, 0) is 21.1 Å². The second kappa shape index (κ2) is 8.96. The summed E-state index contributed by atoms with van der Waals surface area (Å²) in [7, 11) is -3.48. The van der Waals surface area contributed by atoms with E-state index >= 15 is 0 Å². The smallest absolute Gasteiger partial charge is 0.221 e. The molecule has 0 heterocycles. The van der Waals surface area contributed by atoms with Gasteiger partial charge in [-0.2, -0.15) is 0 Å². The van der Waals surface area contributed by atoms with E-state index < -0.39 is 15.4 Å². The van der Waals surface area contributed by atoms with Gasteiger partial charge in [-0.25, -0.2) is 8.42 Å². The first-order valence-corrected chi connectivity index (χ1v) is 10.2. The van der Waals surface area contributed by atoms with Crippen LogP contribution >= 0.6 is 0 Å². The standard InChI is InChI=1S/C20H25NO4S/c1-20(23,14-12-17-8-4-2-5-9-17)16-21-19(22)13-15-26(24,25)18-10-6-3-7-11-18/h2-11,23H,12-16H2,1H3,(H,21,22). The Morgan fingerprint density at radius 1 is 1.04 bits per heavy atom. The summed E-state index contributed by atoms with van der Waals surface area (Å²) in [5, 5.41) is 13.0. The fourth-order valence-electron chi connectivity index (χ4n) is 2.50. The molecular weight excluding hydrogens is 350 g/mol. The van der Waals surface area contributed by atoms with Gasteiger partial charge >= 0.3 is 0 Å². The molecule has 1 amide bonds. The predicted octanol–water partition coefficient (Wildman–Crippen LogP) is 2.35. The van der Waals surface area contributed by atoms with Gasteiger partial charge in [0.1, 0.15) is 0 Å². The van der Waals surface area contributed by atoms with Crippen LogP contribution in [0.3, 0.4) is 0 Å². The summed E-state index contributed by atoms with van der Waals surface area (Å²) in [5.41, 5.74) is 0.0668. The molecular formula is C20H25NO4S. The highest BCUT2D eigenvalue weighted by Gasteiger charge is 2.22. The van der Waals surface area contributed by atoms with Crippen molar-refractivity contribution in [2.24, 2.45) is 0 Å². The number of rotatable bonds is 9. The molecule has 0 bridgehead atoms. The third-order valence-corrected chi connectivity index (χ3v) is 5.89. The van der Waals surface area contributed by atoms with E-state index in [9.17, 15) is 18.3 Å². The highest BCUT2D eigenvalue weighted by molar-refractivity contribution is 7.91. The Labute approximate surface area is 155 Å². The number of aliphatic hydroxyl groups is 1. The number of hydrogen-bond acceptors (Lipinski definition) is 4. The molecule has 5 nitrogen and oxygen atoms in total. The minimum absolute atomic E-state index is 0.0874. The van der Waals surface area contributed by atoms with Gasteiger partial charge in [-0.3, -0.25) is 4.79 Å². The molecule has 2 aromatic carbocycles. The van der Waals surface area contributed by atoms with Crippen LogP contribution in [0.25, 0.3) is 0 Å². The third-order valence-electron chi connectivity index (χ3n) is 4.16. The van der Waals surface area contributed by atoms with Gasteiger partial charge in [0.2, 0.25) is 5.91 Å². The Morgan fingerprint density at radius 2 is 1.62 bits per heavy atom. The molecule has 2 rings (SSSR count). The van der Waals surface area contributed by atoms with E-state index in [1.54, 1.807) is 25.1 Å². The maximum absolute atomic E-state index is 12.2. The normalized spacial score (nSPS) is 13.8. The summed E-state index contributed by atoms with van der Waals surface area (Å²) in [6, 6.07) is 17.9. The van der Waals surface area contributed by atoms with Crippen molar-refractivity contribution in [1.82, 2.24) is 5.32 Å². The fraction of sp³-hybridized carbons (Fsp3) is 0.350. The molecule has 1 atom stereocenters. The minimum Gasteiger partial charge on any atom is -0.388 e. The van der Waals surface area contributed by atoms with Crippen LogP contribution in [0, 0.1) is 0 Å². The Bertz CT molecular complexity index is 802. The summed E-state index contributed by atoms with van der Waals surface area (Å²) >= 11 is 0. The van der Waals surface area contributed by atoms with Gasteiger partial charge in [-0.1, -0.05) is 48.5 Å². The zero-order valence-corrected chi connectivity index (χ0v) is 15.7. The van der Waals surface area contributed by atoms with E-state index in [-0.39, 0.29) is 29.5 Å². The molecule has 0 fully saturated rings. The predicted molar refractivity (Wildman–Crippen MR) is 102 cm³/mol. The zero-order valence-electron chi connectivity index (χ0n) is 14.9. The van der Waals surface area contributed by atoms with Gasteiger partial charge in [0, 0.05) is 13.0 Å². The molecule has 2 aromatic rings. The van der Waals surface area contributed by atoms with Crippen LogP contribution in [0.4, 0.5) is 0 Å². The molecule has 2 N–H and O–H groups in total. The number of carbonyl (C=O) groups is 1. The van der Waals surface area contributed by atoms with Crippen molar-refractivity contribution in [2.45, 2.75) is 36.7 Å². The molecule has 0 aliphatic heterocycles. The van der Waals surface area contributed by atoms with Gasteiger partial charge in [-0.05, 0) is 37.5 Å². The molecule has 26 heavy (non-hydrogen) atoms. The topological polar surface area (TPSA) is 83.5 Å². The van der Waals surface area contributed by atoms with Crippen molar-refractivity contribution in [3.63, 3.8) is 0 Å². The summed E-state index contributed by atoms with van der Waals surface area (Å²) in [5.74, 6) is -0.640. The molecule has 6 heteroatoms. The molecule has 140 valence electrons. The third kappa shape index (κ3) is 6.61. The first kappa shape index (κ1) is 20.1. The Balaban J connectivity index is 1.77. The zero-order chi connectivity index (χ0) is 19.0. The summed E-state index contributed by atoms with van der Waals surface area (Å²) in [4.78, 5) is 12.2. The lowest BCUT2D eigenvalue weighted by atomic mass is 9.97. The second-order valence-electron chi connectivity index (χ2n) is 6.64. The van der Waals surface area contributed by atoms with E-state index in [4.69, 9.17) is 0 Å². The van der Waals surface area contributed by atoms with Crippen molar-refractivity contribution in [2.75, 3.05) is 12.3 Å². The minimum atomic E-state index is -3.48. The van der Waals surface area contributed by atoms with Gasteiger partial charge in [0.25, 0.3) is 0 Å². The first-order chi connectivity index (χ1) is 12.3. The average Bonchev–Trinajstić information content (AvgIpc) is 2.65. The first-order valence-electron chi connectivity index (χ1n) is 8.59. The fourth-order valence-corrected chi connectivity index (χ4v) is 3.76. The van der Waals surface area contributed by atoms with E-state index in [0.717, 1.165) is 5.56 Å². The number of amides is 1. The van der Waals surface area contributed by atoms with Crippen LogP contribution < -0.4 is 5.32 Å².